The summed E-state index contributed by atoms with van der Waals surface area (Å²) in [6.45, 7) is 2.92. The van der Waals surface area contributed by atoms with Gasteiger partial charge in [-0.2, -0.15) is 5.26 Å². The molecule has 2 nitrogen and oxygen atoms in total. The molecule has 0 aliphatic rings. The Balaban J connectivity index is 3.17. The Hall–Kier alpha value is -1.47. The lowest BCUT2D eigenvalue weighted by Gasteiger charge is -2.23. The van der Waals surface area contributed by atoms with E-state index in [4.69, 9.17) is 5.26 Å². The van der Waals surface area contributed by atoms with Crippen molar-refractivity contribution in [2.75, 3.05) is 0 Å². The molecule has 0 bridgehead atoms. The summed E-state index contributed by atoms with van der Waals surface area (Å²) < 4.78 is 26.1. The van der Waals surface area contributed by atoms with Crippen molar-refractivity contribution in [3.63, 3.8) is 0 Å². The van der Waals surface area contributed by atoms with Crippen molar-refractivity contribution in [1.82, 2.24) is 0 Å². The van der Waals surface area contributed by atoms with Crippen LogP contribution < -0.4 is 0 Å². The number of benzene rings is 1. The topological polar surface area (TPSA) is 44.0 Å². The zero-order valence-electron chi connectivity index (χ0n) is 8.46. The van der Waals surface area contributed by atoms with Gasteiger partial charge in [0.15, 0.2) is 0 Å². The molecule has 0 aliphatic heterocycles. The maximum atomic E-state index is 13.3. The van der Waals surface area contributed by atoms with Gasteiger partial charge < -0.3 is 5.11 Å². The average Bonchev–Trinajstić information content (AvgIpc) is 2.20. The second kappa shape index (κ2) is 3.95. The van der Waals surface area contributed by atoms with Gasteiger partial charge in [0.2, 0.25) is 0 Å². The highest BCUT2D eigenvalue weighted by atomic mass is 19.1. The SMILES string of the molecule is CC(C)(C#N)C(O)c1cc(F)ccc1F. The van der Waals surface area contributed by atoms with Crippen molar-refractivity contribution in [1.29, 1.82) is 5.26 Å². The van der Waals surface area contributed by atoms with E-state index in [1.54, 1.807) is 0 Å². The fourth-order valence-corrected chi connectivity index (χ4v) is 1.17. The Labute approximate surface area is 86.8 Å². The maximum absolute atomic E-state index is 13.3. The second-order valence-corrected chi connectivity index (χ2v) is 3.90. The van der Waals surface area contributed by atoms with E-state index >= 15 is 0 Å². The van der Waals surface area contributed by atoms with E-state index in [1.807, 2.05) is 6.07 Å². The lowest BCUT2D eigenvalue weighted by molar-refractivity contribution is 0.0829. The van der Waals surface area contributed by atoms with Crippen LogP contribution in [-0.4, -0.2) is 5.11 Å². The molecule has 0 saturated carbocycles. The maximum Gasteiger partial charge on any atom is 0.129 e. The molecule has 1 rings (SSSR count). The van der Waals surface area contributed by atoms with Gasteiger partial charge in [0.25, 0.3) is 0 Å². The van der Waals surface area contributed by atoms with Gasteiger partial charge in [-0.1, -0.05) is 0 Å². The number of aliphatic hydroxyl groups excluding tert-OH is 1. The Morgan fingerprint density at radius 3 is 2.53 bits per heavy atom. The van der Waals surface area contributed by atoms with E-state index in [9.17, 15) is 13.9 Å². The summed E-state index contributed by atoms with van der Waals surface area (Å²) in [5, 5.41) is 18.5. The molecule has 0 saturated heterocycles. The molecule has 1 aromatic rings. The Morgan fingerprint density at radius 2 is 2.00 bits per heavy atom. The summed E-state index contributed by atoms with van der Waals surface area (Å²) in [6.07, 6.45) is -1.35. The quantitative estimate of drug-likeness (QED) is 0.816. The van der Waals surface area contributed by atoms with Gasteiger partial charge in [-0.3, -0.25) is 0 Å². The molecule has 0 fully saturated rings. The highest BCUT2D eigenvalue weighted by Crippen LogP contribution is 2.33. The Kier molecular flexibility index (Phi) is 3.06. The number of aliphatic hydroxyl groups is 1. The molecule has 0 spiro atoms. The van der Waals surface area contributed by atoms with Crippen molar-refractivity contribution in [3.8, 4) is 6.07 Å². The lowest BCUT2D eigenvalue weighted by Crippen LogP contribution is -2.21. The van der Waals surface area contributed by atoms with Gasteiger partial charge in [-0.25, -0.2) is 8.78 Å². The minimum atomic E-state index is -1.35. The normalized spacial score (nSPS) is 13.3. The number of nitriles is 1. The molecular weight excluding hydrogens is 200 g/mol. The highest BCUT2D eigenvalue weighted by molar-refractivity contribution is 5.24. The third-order valence-corrected chi connectivity index (χ3v) is 2.22. The van der Waals surface area contributed by atoms with Gasteiger partial charge in [-0.15, -0.1) is 0 Å². The summed E-state index contributed by atoms with van der Waals surface area (Å²) >= 11 is 0. The van der Waals surface area contributed by atoms with Crippen LogP contribution in [0.3, 0.4) is 0 Å². The monoisotopic (exact) mass is 211 g/mol. The summed E-state index contributed by atoms with van der Waals surface area (Å²) in [4.78, 5) is 0. The van der Waals surface area contributed by atoms with Crippen LogP contribution in [0.25, 0.3) is 0 Å². The third kappa shape index (κ3) is 2.31. The minimum Gasteiger partial charge on any atom is -0.387 e. The molecule has 80 valence electrons. The number of rotatable bonds is 2. The predicted octanol–water partition coefficient (Wildman–Crippen LogP) is 2.55. The molecule has 1 unspecified atom stereocenters. The van der Waals surface area contributed by atoms with Crippen LogP contribution in [0.5, 0.6) is 0 Å². The molecular formula is C11H11F2NO. The van der Waals surface area contributed by atoms with Gasteiger partial charge in [-0.05, 0) is 32.0 Å². The molecule has 0 amide bonds. The average molecular weight is 211 g/mol. The van der Waals surface area contributed by atoms with Crippen LogP contribution in [-0.2, 0) is 0 Å². The van der Waals surface area contributed by atoms with E-state index in [-0.39, 0.29) is 5.56 Å². The molecule has 0 heterocycles. The first-order valence-electron chi connectivity index (χ1n) is 4.43. The molecule has 0 aliphatic carbocycles. The van der Waals surface area contributed by atoms with Crippen LogP contribution in [0.15, 0.2) is 18.2 Å². The summed E-state index contributed by atoms with van der Waals surface area (Å²) in [7, 11) is 0. The first-order valence-corrected chi connectivity index (χ1v) is 4.43. The number of hydrogen-bond donors (Lipinski definition) is 1. The van der Waals surface area contributed by atoms with E-state index in [0.29, 0.717) is 0 Å². The van der Waals surface area contributed by atoms with Crippen molar-refractivity contribution < 1.29 is 13.9 Å². The summed E-state index contributed by atoms with van der Waals surface area (Å²) in [5.41, 5.74) is -1.35. The number of nitrogens with zero attached hydrogens (tertiary/aromatic N) is 1. The molecule has 15 heavy (non-hydrogen) atoms. The minimum absolute atomic E-state index is 0.193. The standard InChI is InChI=1S/C11H11F2NO/c1-11(2,6-14)10(15)8-5-7(12)3-4-9(8)13/h3-5,10,15H,1-2H3. The zero-order valence-corrected chi connectivity index (χ0v) is 8.46. The van der Waals surface area contributed by atoms with Crippen LogP contribution in [0, 0.1) is 28.4 Å². The molecule has 4 heteroatoms. The van der Waals surface area contributed by atoms with E-state index in [2.05, 4.69) is 0 Å². The third-order valence-electron chi connectivity index (χ3n) is 2.22. The molecule has 1 atom stereocenters. The fraction of sp³-hybridized carbons (Fsp3) is 0.364. The number of hydrogen-bond acceptors (Lipinski definition) is 2. The van der Waals surface area contributed by atoms with Crippen molar-refractivity contribution >= 4 is 0 Å². The molecule has 1 N–H and O–H groups in total. The summed E-state index contributed by atoms with van der Waals surface area (Å²) in [6, 6.07) is 4.64. The molecule has 0 aromatic heterocycles. The smallest absolute Gasteiger partial charge is 0.129 e. The van der Waals surface area contributed by atoms with Crippen LogP contribution in [0.4, 0.5) is 8.78 Å². The zero-order chi connectivity index (χ0) is 11.6. The van der Waals surface area contributed by atoms with Crippen molar-refractivity contribution in [3.05, 3.63) is 35.4 Å². The largest absolute Gasteiger partial charge is 0.387 e. The van der Waals surface area contributed by atoms with Gasteiger partial charge >= 0.3 is 0 Å². The Bertz CT molecular complexity index is 410. The van der Waals surface area contributed by atoms with Crippen LogP contribution >= 0.6 is 0 Å². The summed E-state index contributed by atoms with van der Waals surface area (Å²) in [5.74, 6) is -1.36. The Morgan fingerprint density at radius 1 is 1.40 bits per heavy atom. The van der Waals surface area contributed by atoms with E-state index in [0.717, 1.165) is 18.2 Å². The van der Waals surface area contributed by atoms with Crippen LogP contribution in [0.2, 0.25) is 0 Å². The van der Waals surface area contributed by atoms with E-state index in [1.165, 1.54) is 13.8 Å². The van der Waals surface area contributed by atoms with Gasteiger partial charge in [0.05, 0.1) is 17.6 Å². The second-order valence-electron chi connectivity index (χ2n) is 3.90. The van der Waals surface area contributed by atoms with E-state index < -0.39 is 23.2 Å². The van der Waals surface area contributed by atoms with Gasteiger partial charge in [0.1, 0.15) is 11.6 Å². The molecule has 0 radical (unpaired) electrons. The first kappa shape index (κ1) is 11.6. The molecule has 1 aromatic carbocycles. The fourth-order valence-electron chi connectivity index (χ4n) is 1.17. The highest BCUT2D eigenvalue weighted by Gasteiger charge is 2.31. The van der Waals surface area contributed by atoms with Crippen molar-refractivity contribution in [2.24, 2.45) is 5.41 Å². The first-order chi connectivity index (χ1) is 6.88. The van der Waals surface area contributed by atoms with Gasteiger partial charge in [0, 0.05) is 5.56 Å². The number of halogens is 2. The van der Waals surface area contributed by atoms with Crippen molar-refractivity contribution in [2.45, 2.75) is 20.0 Å². The predicted molar refractivity (Wildman–Crippen MR) is 50.7 cm³/mol. The lowest BCUT2D eigenvalue weighted by atomic mass is 9.84. The van der Waals surface area contributed by atoms with Crippen LogP contribution in [0.1, 0.15) is 25.5 Å².